The molecule has 10 heteroatoms. The van der Waals surface area contributed by atoms with Crippen molar-refractivity contribution in [2.24, 2.45) is 4.99 Å². The molecule has 0 spiro atoms. The van der Waals surface area contributed by atoms with Crippen LogP contribution in [-0.2, 0) is 6.54 Å². The van der Waals surface area contributed by atoms with Crippen molar-refractivity contribution in [1.82, 2.24) is 29.8 Å². The van der Waals surface area contributed by atoms with Crippen LogP contribution in [0.2, 0.25) is 0 Å². The molecule has 0 aliphatic heterocycles. The number of H-pyrrole nitrogens is 1. The van der Waals surface area contributed by atoms with E-state index in [4.69, 9.17) is 12.2 Å². The summed E-state index contributed by atoms with van der Waals surface area (Å²) < 4.78 is 3.17. The highest BCUT2D eigenvalue weighted by Gasteiger charge is 2.10. The molecular formula is C15H15N7O2S. The van der Waals surface area contributed by atoms with Crippen LogP contribution in [0.5, 0.6) is 5.88 Å². The number of benzene rings is 1. The van der Waals surface area contributed by atoms with Crippen LogP contribution >= 0.6 is 12.2 Å². The van der Waals surface area contributed by atoms with Crippen LogP contribution in [0.3, 0.4) is 0 Å². The monoisotopic (exact) mass is 357 g/mol. The van der Waals surface area contributed by atoms with Crippen LogP contribution in [0.25, 0.3) is 5.69 Å². The fourth-order valence-corrected chi connectivity index (χ4v) is 2.50. The van der Waals surface area contributed by atoms with Gasteiger partial charge in [0.2, 0.25) is 5.88 Å². The van der Waals surface area contributed by atoms with E-state index < -0.39 is 5.56 Å². The summed E-state index contributed by atoms with van der Waals surface area (Å²) in [5.74, 6) is -0.190. The molecule has 0 aliphatic carbocycles. The molecule has 25 heavy (non-hydrogen) atoms. The molecule has 3 aromatic rings. The minimum Gasteiger partial charge on any atom is -0.494 e. The lowest BCUT2D eigenvalue weighted by atomic mass is 10.3. The maximum atomic E-state index is 12.0. The number of aromatic hydroxyl groups is 1. The highest BCUT2D eigenvalue weighted by Crippen LogP contribution is 2.17. The summed E-state index contributed by atoms with van der Waals surface area (Å²) in [7, 11) is 0. The van der Waals surface area contributed by atoms with Gasteiger partial charge in [-0.3, -0.25) is 19.3 Å². The van der Waals surface area contributed by atoms with Gasteiger partial charge in [0.1, 0.15) is 11.9 Å². The summed E-state index contributed by atoms with van der Waals surface area (Å²) in [6.45, 7) is 2.45. The Morgan fingerprint density at radius 2 is 2.12 bits per heavy atom. The summed E-state index contributed by atoms with van der Waals surface area (Å²) >= 11 is 5.07. The SMILES string of the molecule is CCCn1c(O)c(C=Nc2ccc(-n3cnnn3)cc2)c(=O)[nH]c1=S. The summed E-state index contributed by atoms with van der Waals surface area (Å²) in [6.07, 6.45) is 3.57. The molecule has 0 saturated heterocycles. The standard InChI is InChI=1S/C15H15N7O2S/c1-2-7-21-14(24)12(13(23)18-15(21)25)8-16-10-3-5-11(6-4-10)22-9-17-19-20-22/h3-6,8-9,24H,2,7H2,1H3,(H,18,23,25). The first-order valence-electron chi connectivity index (χ1n) is 7.53. The van der Waals surface area contributed by atoms with Crippen LogP contribution in [0.1, 0.15) is 18.9 Å². The predicted octanol–water partition coefficient (Wildman–Crippen LogP) is 1.75. The van der Waals surface area contributed by atoms with E-state index in [1.807, 2.05) is 6.92 Å². The van der Waals surface area contributed by atoms with E-state index in [1.54, 1.807) is 24.3 Å². The van der Waals surface area contributed by atoms with E-state index in [0.717, 1.165) is 12.1 Å². The third-order valence-electron chi connectivity index (χ3n) is 3.46. The fourth-order valence-electron chi connectivity index (χ4n) is 2.23. The van der Waals surface area contributed by atoms with Crippen LogP contribution < -0.4 is 5.56 Å². The minimum atomic E-state index is -0.482. The Morgan fingerprint density at radius 1 is 1.36 bits per heavy atom. The van der Waals surface area contributed by atoms with E-state index in [0.29, 0.717) is 12.2 Å². The van der Waals surface area contributed by atoms with E-state index in [1.165, 1.54) is 21.8 Å². The molecule has 0 bridgehead atoms. The van der Waals surface area contributed by atoms with Crippen molar-refractivity contribution in [3.8, 4) is 11.6 Å². The summed E-state index contributed by atoms with van der Waals surface area (Å²) in [5.41, 5.74) is 0.969. The Bertz CT molecular complexity index is 1000. The van der Waals surface area contributed by atoms with Gasteiger partial charge in [0.05, 0.1) is 11.4 Å². The number of nitrogens with zero attached hydrogens (tertiary/aromatic N) is 6. The van der Waals surface area contributed by atoms with Gasteiger partial charge in [0.15, 0.2) is 4.77 Å². The topological polar surface area (TPSA) is 114 Å². The lowest BCUT2D eigenvalue weighted by Gasteiger charge is -2.09. The normalized spacial score (nSPS) is 11.2. The molecule has 0 atom stereocenters. The maximum Gasteiger partial charge on any atom is 0.264 e. The van der Waals surface area contributed by atoms with Gasteiger partial charge in [0.25, 0.3) is 5.56 Å². The Hall–Kier alpha value is -3.14. The number of hydrogen-bond donors (Lipinski definition) is 2. The second kappa shape index (κ2) is 7.18. The van der Waals surface area contributed by atoms with Gasteiger partial charge in [-0.2, -0.15) is 0 Å². The van der Waals surface area contributed by atoms with Crippen LogP contribution in [0.15, 0.2) is 40.4 Å². The number of aromatic amines is 1. The third-order valence-corrected chi connectivity index (χ3v) is 3.78. The van der Waals surface area contributed by atoms with Crippen LogP contribution in [0.4, 0.5) is 5.69 Å². The molecule has 9 nitrogen and oxygen atoms in total. The Morgan fingerprint density at radius 3 is 2.76 bits per heavy atom. The molecule has 0 radical (unpaired) electrons. The first-order chi connectivity index (χ1) is 12.1. The maximum absolute atomic E-state index is 12.0. The van der Waals surface area contributed by atoms with Crippen LogP contribution in [0, 0.1) is 4.77 Å². The van der Waals surface area contributed by atoms with E-state index >= 15 is 0 Å². The molecule has 2 aromatic heterocycles. The van der Waals surface area contributed by atoms with Gasteiger partial charge < -0.3 is 5.11 Å². The number of tetrazole rings is 1. The summed E-state index contributed by atoms with van der Waals surface area (Å²) in [5, 5.41) is 21.2. The number of aromatic nitrogens is 6. The van der Waals surface area contributed by atoms with Crippen LogP contribution in [-0.4, -0.2) is 41.1 Å². The van der Waals surface area contributed by atoms with Gasteiger partial charge in [0, 0.05) is 12.8 Å². The molecule has 0 saturated carbocycles. The number of rotatable bonds is 5. The van der Waals surface area contributed by atoms with Gasteiger partial charge in [-0.25, -0.2) is 4.68 Å². The van der Waals surface area contributed by atoms with E-state index in [9.17, 15) is 9.90 Å². The van der Waals surface area contributed by atoms with Crippen molar-refractivity contribution in [2.45, 2.75) is 19.9 Å². The van der Waals surface area contributed by atoms with Crippen molar-refractivity contribution >= 4 is 24.1 Å². The van der Waals surface area contributed by atoms with Gasteiger partial charge >= 0.3 is 0 Å². The minimum absolute atomic E-state index is 0.0617. The first-order valence-corrected chi connectivity index (χ1v) is 7.94. The Balaban J connectivity index is 1.91. The zero-order valence-electron chi connectivity index (χ0n) is 13.3. The third kappa shape index (κ3) is 3.53. The van der Waals surface area contributed by atoms with Crippen molar-refractivity contribution in [3.63, 3.8) is 0 Å². The number of nitrogens with one attached hydrogen (secondary N) is 1. The molecule has 1 aromatic carbocycles. The highest BCUT2D eigenvalue weighted by molar-refractivity contribution is 7.71. The lowest BCUT2D eigenvalue weighted by Crippen LogP contribution is -2.18. The molecule has 2 N–H and O–H groups in total. The van der Waals surface area contributed by atoms with Crippen molar-refractivity contribution in [3.05, 3.63) is 51.3 Å². The van der Waals surface area contributed by atoms with Gasteiger partial charge in [-0.05, 0) is 53.3 Å². The molecule has 128 valence electrons. The molecule has 0 fully saturated rings. The number of hydrogen-bond acceptors (Lipinski definition) is 7. The van der Waals surface area contributed by atoms with Crippen molar-refractivity contribution in [1.29, 1.82) is 0 Å². The Kier molecular flexibility index (Phi) is 4.80. The van der Waals surface area contributed by atoms with Gasteiger partial charge in [-0.15, -0.1) is 5.10 Å². The average Bonchev–Trinajstić information content (AvgIpc) is 3.13. The van der Waals surface area contributed by atoms with Crippen molar-refractivity contribution < 1.29 is 5.11 Å². The molecule has 0 aliphatic rings. The smallest absolute Gasteiger partial charge is 0.264 e. The average molecular weight is 357 g/mol. The Labute approximate surface area is 147 Å². The first kappa shape index (κ1) is 16.7. The second-order valence-corrected chi connectivity index (χ2v) is 5.56. The quantitative estimate of drug-likeness (QED) is 0.531. The van der Waals surface area contributed by atoms with Crippen molar-refractivity contribution in [2.75, 3.05) is 0 Å². The second-order valence-electron chi connectivity index (χ2n) is 5.18. The molecule has 3 rings (SSSR count). The predicted molar refractivity (Wildman–Crippen MR) is 94.3 cm³/mol. The highest BCUT2D eigenvalue weighted by atomic mass is 32.1. The molecule has 0 unspecified atom stereocenters. The molecule has 2 heterocycles. The lowest BCUT2D eigenvalue weighted by molar-refractivity contribution is 0.402. The number of aliphatic imine (C=N–C) groups is 1. The van der Waals surface area contributed by atoms with Gasteiger partial charge in [-0.1, -0.05) is 6.92 Å². The largest absolute Gasteiger partial charge is 0.494 e. The molecule has 0 amide bonds. The molecular weight excluding hydrogens is 342 g/mol. The zero-order valence-corrected chi connectivity index (χ0v) is 14.1. The summed E-state index contributed by atoms with van der Waals surface area (Å²) in [6, 6.07) is 7.08. The zero-order chi connectivity index (χ0) is 17.8. The van der Waals surface area contributed by atoms with E-state index in [-0.39, 0.29) is 16.2 Å². The van der Waals surface area contributed by atoms with E-state index in [2.05, 4.69) is 25.5 Å². The summed E-state index contributed by atoms with van der Waals surface area (Å²) in [4.78, 5) is 18.8. The fraction of sp³-hybridized carbons (Fsp3) is 0.200.